The van der Waals surface area contributed by atoms with E-state index in [1.807, 2.05) is 0 Å². The van der Waals surface area contributed by atoms with Gasteiger partial charge in [0, 0.05) is 12.3 Å². The fraction of sp³-hybridized carbons (Fsp3) is 0.333. The number of ether oxygens (including phenoxy) is 1. The molecule has 98 valence electrons. The van der Waals surface area contributed by atoms with E-state index in [2.05, 4.69) is 15.0 Å². The highest BCUT2D eigenvalue weighted by Crippen LogP contribution is 2.16. The summed E-state index contributed by atoms with van der Waals surface area (Å²) < 4.78 is 6.90. The molecule has 1 unspecified atom stereocenters. The molecule has 0 aliphatic carbocycles. The van der Waals surface area contributed by atoms with E-state index in [9.17, 15) is 4.79 Å². The molecule has 0 aromatic carbocycles. The van der Waals surface area contributed by atoms with Crippen LogP contribution in [0, 0.1) is 0 Å². The molecule has 3 rings (SSSR count). The van der Waals surface area contributed by atoms with E-state index in [1.165, 1.54) is 12.4 Å². The second-order valence-electron chi connectivity index (χ2n) is 4.27. The number of nitrogens with two attached hydrogens (primary N) is 1. The molecular formula is C12H13N5O2. The minimum Gasteiger partial charge on any atom is -0.377 e. The fourth-order valence-electron chi connectivity index (χ4n) is 2.05. The van der Waals surface area contributed by atoms with Crippen LogP contribution in [0.2, 0.25) is 0 Å². The summed E-state index contributed by atoms with van der Waals surface area (Å²) >= 11 is 0. The van der Waals surface area contributed by atoms with Gasteiger partial charge in [0.05, 0.1) is 37.2 Å². The first-order chi connectivity index (χ1) is 9.25. The van der Waals surface area contributed by atoms with Crippen LogP contribution in [0.3, 0.4) is 0 Å². The van der Waals surface area contributed by atoms with Gasteiger partial charge in [-0.1, -0.05) is 0 Å². The molecule has 7 nitrogen and oxygen atoms in total. The van der Waals surface area contributed by atoms with Crippen molar-refractivity contribution in [3.8, 4) is 11.4 Å². The Bertz CT molecular complexity index is 640. The number of hydrogen-bond donors (Lipinski definition) is 1. The molecule has 19 heavy (non-hydrogen) atoms. The number of rotatable bonds is 1. The van der Waals surface area contributed by atoms with Gasteiger partial charge >= 0.3 is 0 Å². The monoisotopic (exact) mass is 259 g/mol. The smallest absolute Gasteiger partial charge is 0.254 e. The maximum atomic E-state index is 12.1. The molecule has 1 aliphatic rings. The molecular weight excluding hydrogens is 246 g/mol. The zero-order valence-electron chi connectivity index (χ0n) is 10.2. The lowest BCUT2D eigenvalue weighted by Gasteiger charge is -2.13. The van der Waals surface area contributed by atoms with Crippen LogP contribution in [0.15, 0.2) is 29.5 Å². The van der Waals surface area contributed by atoms with E-state index in [-0.39, 0.29) is 5.56 Å². The van der Waals surface area contributed by atoms with E-state index in [0.717, 1.165) is 0 Å². The Balaban J connectivity index is 2.15. The Morgan fingerprint density at radius 2 is 2.32 bits per heavy atom. The minimum atomic E-state index is -0.406. The van der Waals surface area contributed by atoms with Gasteiger partial charge in [0.1, 0.15) is 12.2 Å². The average molecular weight is 259 g/mol. The van der Waals surface area contributed by atoms with Gasteiger partial charge in [-0.3, -0.25) is 9.36 Å². The highest BCUT2D eigenvalue weighted by molar-refractivity contribution is 5.52. The van der Waals surface area contributed by atoms with Crippen molar-refractivity contribution in [1.29, 1.82) is 0 Å². The predicted octanol–water partition coefficient (Wildman–Crippen LogP) is -0.270. The van der Waals surface area contributed by atoms with Crippen LogP contribution in [-0.2, 0) is 11.3 Å². The van der Waals surface area contributed by atoms with Crippen LogP contribution in [0.25, 0.3) is 11.4 Å². The molecule has 0 radical (unpaired) electrons. The van der Waals surface area contributed by atoms with Crippen LogP contribution in [0.4, 0.5) is 0 Å². The molecule has 0 saturated heterocycles. The lowest BCUT2D eigenvalue weighted by molar-refractivity contribution is 0.126. The van der Waals surface area contributed by atoms with Crippen molar-refractivity contribution >= 4 is 0 Å². The third-order valence-electron chi connectivity index (χ3n) is 2.97. The van der Waals surface area contributed by atoms with Gasteiger partial charge in [-0.25, -0.2) is 15.0 Å². The van der Waals surface area contributed by atoms with E-state index in [0.29, 0.717) is 37.0 Å². The van der Waals surface area contributed by atoms with Gasteiger partial charge in [-0.2, -0.15) is 0 Å². The highest BCUT2D eigenvalue weighted by Gasteiger charge is 2.19. The first kappa shape index (κ1) is 11.9. The third kappa shape index (κ3) is 2.25. The molecule has 1 atom stereocenters. The summed E-state index contributed by atoms with van der Waals surface area (Å²) in [6.45, 7) is 1.30. The fourth-order valence-corrected chi connectivity index (χ4v) is 2.05. The summed E-state index contributed by atoms with van der Waals surface area (Å²) in [5.41, 5.74) is 6.96. The van der Waals surface area contributed by atoms with Crippen LogP contribution >= 0.6 is 0 Å². The van der Waals surface area contributed by atoms with Crippen molar-refractivity contribution in [3.05, 3.63) is 40.8 Å². The largest absolute Gasteiger partial charge is 0.377 e. The van der Waals surface area contributed by atoms with Crippen LogP contribution < -0.4 is 11.3 Å². The molecule has 7 heteroatoms. The zero-order valence-corrected chi connectivity index (χ0v) is 10.2. The molecule has 2 aromatic rings. The molecule has 3 heterocycles. The standard InChI is InChI=1S/C12H13N5O2/c13-8-6-19-4-3-17-11(18)5-10(16-12(8)17)9-1-2-14-7-15-9/h1-2,5,7-8H,3-4,6,13H2. The maximum Gasteiger partial charge on any atom is 0.254 e. The van der Waals surface area contributed by atoms with Crippen molar-refractivity contribution in [3.63, 3.8) is 0 Å². The lowest BCUT2D eigenvalue weighted by Crippen LogP contribution is -2.29. The molecule has 0 fully saturated rings. The van der Waals surface area contributed by atoms with Crippen molar-refractivity contribution < 1.29 is 4.74 Å². The van der Waals surface area contributed by atoms with E-state index in [1.54, 1.807) is 16.8 Å². The van der Waals surface area contributed by atoms with Crippen LogP contribution in [-0.4, -0.2) is 32.7 Å². The van der Waals surface area contributed by atoms with Gasteiger partial charge < -0.3 is 10.5 Å². The Kier molecular flexibility index (Phi) is 3.06. The normalized spacial score (nSPS) is 18.7. The maximum absolute atomic E-state index is 12.1. The lowest BCUT2D eigenvalue weighted by atomic mass is 10.2. The van der Waals surface area contributed by atoms with Gasteiger partial charge in [0.25, 0.3) is 5.56 Å². The average Bonchev–Trinajstić information content (AvgIpc) is 2.63. The quantitative estimate of drug-likeness (QED) is 0.757. The summed E-state index contributed by atoms with van der Waals surface area (Å²) in [5, 5.41) is 0. The molecule has 2 N–H and O–H groups in total. The van der Waals surface area contributed by atoms with Gasteiger partial charge in [-0.15, -0.1) is 0 Å². The van der Waals surface area contributed by atoms with Crippen LogP contribution in [0.5, 0.6) is 0 Å². The van der Waals surface area contributed by atoms with Gasteiger partial charge in [0.15, 0.2) is 0 Å². The van der Waals surface area contributed by atoms with Crippen molar-refractivity contribution in [1.82, 2.24) is 19.5 Å². The summed E-state index contributed by atoms with van der Waals surface area (Å²) in [6.07, 6.45) is 3.03. The molecule has 2 aromatic heterocycles. The summed E-state index contributed by atoms with van der Waals surface area (Å²) in [5.74, 6) is 0.540. The number of aromatic nitrogens is 4. The summed E-state index contributed by atoms with van der Waals surface area (Å²) in [6, 6.07) is 2.76. The predicted molar refractivity (Wildman–Crippen MR) is 67.3 cm³/mol. The Labute approximate surface area is 109 Å². The molecule has 0 spiro atoms. The van der Waals surface area contributed by atoms with Gasteiger partial charge in [0.2, 0.25) is 0 Å². The first-order valence-electron chi connectivity index (χ1n) is 5.97. The highest BCUT2D eigenvalue weighted by atomic mass is 16.5. The third-order valence-corrected chi connectivity index (χ3v) is 2.97. The minimum absolute atomic E-state index is 0.139. The first-order valence-corrected chi connectivity index (χ1v) is 5.97. The van der Waals surface area contributed by atoms with Crippen LogP contribution in [0.1, 0.15) is 11.9 Å². The Morgan fingerprint density at radius 3 is 3.11 bits per heavy atom. The second kappa shape index (κ2) is 4.87. The van der Waals surface area contributed by atoms with E-state index in [4.69, 9.17) is 10.5 Å². The van der Waals surface area contributed by atoms with Crippen molar-refractivity contribution in [2.24, 2.45) is 5.73 Å². The molecule has 1 aliphatic heterocycles. The summed E-state index contributed by atoms with van der Waals surface area (Å²) in [4.78, 5) is 24.5. The van der Waals surface area contributed by atoms with Gasteiger partial charge in [-0.05, 0) is 6.07 Å². The van der Waals surface area contributed by atoms with E-state index >= 15 is 0 Å². The number of fused-ring (bicyclic) bond motifs is 1. The number of hydrogen-bond acceptors (Lipinski definition) is 6. The Hall–Kier alpha value is -2.12. The summed E-state index contributed by atoms with van der Waals surface area (Å²) in [7, 11) is 0. The van der Waals surface area contributed by atoms with Crippen molar-refractivity contribution in [2.75, 3.05) is 13.2 Å². The topological polar surface area (TPSA) is 95.9 Å². The molecule has 0 saturated carbocycles. The van der Waals surface area contributed by atoms with Crippen molar-refractivity contribution in [2.45, 2.75) is 12.6 Å². The molecule has 0 bridgehead atoms. The second-order valence-corrected chi connectivity index (χ2v) is 4.27. The number of nitrogens with zero attached hydrogens (tertiary/aromatic N) is 4. The SMILES string of the molecule is NC1COCCn2c1nc(-c1ccncn1)cc2=O. The Morgan fingerprint density at radius 1 is 1.42 bits per heavy atom. The zero-order chi connectivity index (χ0) is 13.2. The molecule has 0 amide bonds. The van der Waals surface area contributed by atoms with E-state index < -0.39 is 6.04 Å².